The van der Waals surface area contributed by atoms with Crippen molar-refractivity contribution >= 4 is 23.2 Å². The van der Waals surface area contributed by atoms with Crippen molar-refractivity contribution in [1.29, 1.82) is 0 Å². The molecule has 1 spiro atoms. The number of halogens is 1. The van der Waals surface area contributed by atoms with Gasteiger partial charge in [-0.1, -0.05) is 18.2 Å². The first-order valence-electron chi connectivity index (χ1n) is 8.79. The number of carbonyl (C=O) groups is 2. The second-order valence-electron chi connectivity index (χ2n) is 7.05. The van der Waals surface area contributed by atoms with Crippen molar-refractivity contribution in [3.63, 3.8) is 0 Å². The van der Waals surface area contributed by atoms with E-state index < -0.39 is 5.41 Å². The fraction of sp³-hybridized carbons (Fsp3) is 0.421. The van der Waals surface area contributed by atoms with Crippen molar-refractivity contribution in [2.75, 3.05) is 19.6 Å². The molecule has 0 bridgehead atoms. The Morgan fingerprint density at radius 3 is 2.88 bits per heavy atom. The van der Waals surface area contributed by atoms with Gasteiger partial charge in [0.15, 0.2) is 0 Å². The fourth-order valence-electron chi connectivity index (χ4n) is 4.04. The molecule has 1 atom stereocenters. The van der Waals surface area contributed by atoms with Crippen LogP contribution in [0.2, 0.25) is 0 Å². The quantitative estimate of drug-likeness (QED) is 0.831. The first-order chi connectivity index (χ1) is 12.6. The molecule has 5 nitrogen and oxygen atoms in total. The summed E-state index contributed by atoms with van der Waals surface area (Å²) in [5, 5.41) is 1.74. The highest BCUT2D eigenvalue weighted by molar-refractivity contribution is 7.07. The summed E-state index contributed by atoms with van der Waals surface area (Å²) in [5.41, 5.74) is 2.08. The van der Waals surface area contributed by atoms with Crippen LogP contribution in [0.4, 0.5) is 4.39 Å². The fourth-order valence-corrected chi connectivity index (χ4v) is 4.57. The van der Waals surface area contributed by atoms with Crippen molar-refractivity contribution in [2.45, 2.75) is 25.8 Å². The van der Waals surface area contributed by atoms with Gasteiger partial charge in [0, 0.05) is 37.1 Å². The Morgan fingerprint density at radius 1 is 1.27 bits per heavy atom. The monoisotopic (exact) mass is 373 g/mol. The summed E-state index contributed by atoms with van der Waals surface area (Å²) < 4.78 is 14.0. The van der Waals surface area contributed by atoms with Crippen LogP contribution in [0.5, 0.6) is 0 Å². The number of nitrogens with zero attached hydrogens (tertiary/aromatic N) is 3. The van der Waals surface area contributed by atoms with Gasteiger partial charge in [0.25, 0.3) is 5.91 Å². The summed E-state index contributed by atoms with van der Waals surface area (Å²) in [6.07, 6.45) is 2.31. The third-order valence-corrected chi connectivity index (χ3v) is 6.02. The van der Waals surface area contributed by atoms with E-state index in [9.17, 15) is 14.0 Å². The Kier molecular flexibility index (Phi) is 4.48. The number of benzene rings is 1. The molecule has 0 radical (unpaired) electrons. The number of carbonyl (C=O) groups excluding carboxylic acids is 2. The lowest BCUT2D eigenvalue weighted by Crippen LogP contribution is -2.50. The summed E-state index contributed by atoms with van der Waals surface area (Å²) in [7, 11) is 0. The Balaban J connectivity index is 1.49. The number of aromatic nitrogens is 1. The Bertz CT molecular complexity index is 826. The minimum absolute atomic E-state index is 0.0422. The van der Waals surface area contributed by atoms with Gasteiger partial charge in [-0.05, 0) is 25.3 Å². The topological polar surface area (TPSA) is 53.5 Å². The Morgan fingerprint density at radius 2 is 2.12 bits per heavy atom. The average molecular weight is 373 g/mol. The number of hydrogen-bond acceptors (Lipinski definition) is 4. The highest BCUT2D eigenvalue weighted by Gasteiger charge is 2.49. The van der Waals surface area contributed by atoms with Crippen LogP contribution in [-0.4, -0.2) is 46.2 Å². The van der Waals surface area contributed by atoms with Gasteiger partial charge in [-0.2, -0.15) is 0 Å². The average Bonchev–Trinajstić information content (AvgIpc) is 3.31. The second-order valence-corrected chi connectivity index (χ2v) is 7.77. The van der Waals surface area contributed by atoms with E-state index in [2.05, 4.69) is 4.98 Å². The van der Waals surface area contributed by atoms with Gasteiger partial charge in [0.05, 0.1) is 10.9 Å². The van der Waals surface area contributed by atoms with Crippen LogP contribution in [0, 0.1) is 11.2 Å². The van der Waals surface area contributed by atoms with Gasteiger partial charge in [-0.3, -0.25) is 9.59 Å². The number of rotatable bonds is 3. The lowest BCUT2D eigenvalue weighted by molar-refractivity contribution is -0.146. The van der Waals surface area contributed by atoms with Crippen molar-refractivity contribution < 1.29 is 14.0 Å². The molecule has 0 saturated carbocycles. The maximum absolute atomic E-state index is 14.0. The van der Waals surface area contributed by atoms with Gasteiger partial charge in [0.2, 0.25) is 5.91 Å². The van der Waals surface area contributed by atoms with E-state index in [-0.39, 0.29) is 24.2 Å². The molecule has 7 heteroatoms. The molecule has 136 valence electrons. The van der Waals surface area contributed by atoms with Crippen LogP contribution in [0.25, 0.3) is 0 Å². The van der Waals surface area contributed by atoms with E-state index in [1.165, 1.54) is 17.4 Å². The number of hydrogen-bond donors (Lipinski definition) is 0. The summed E-state index contributed by atoms with van der Waals surface area (Å²) in [4.78, 5) is 33.3. The zero-order valence-electron chi connectivity index (χ0n) is 14.4. The van der Waals surface area contributed by atoms with E-state index in [0.29, 0.717) is 37.3 Å². The SMILES string of the molecule is O=C(c1cscn1)N1CC[C@]2(CCCN(Cc3ccccc3F)C2=O)C1. The van der Waals surface area contributed by atoms with Crippen LogP contribution < -0.4 is 0 Å². The van der Waals surface area contributed by atoms with E-state index in [0.717, 1.165) is 12.8 Å². The molecule has 2 aliphatic heterocycles. The van der Waals surface area contributed by atoms with E-state index in [1.807, 2.05) is 0 Å². The van der Waals surface area contributed by atoms with Crippen LogP contribution in [-0.2, 0) is 11.3 Å². The normalized spacial score (nSPS) is 23.0. The summed E-state index contributed by atoms with van der Waals surface area (Å²) in [6, 6.07) is 6.57. The van der Waals surface area contributed by atoms with Crippen molar-refractivity contribution in [2.24, 2.45) is 5.41 Å². The van der Waals surface area contributed by atoms with Crippen molar-refractivity contribution in [3.8, 4) is 0 Å². The zero-order valence-corrected chi connectivity index (χ0v) is 15.2. The molecule has 26 heavy (non-hydrogen) atoms. The first-order valence-corrected chi connectivity index (χ1v) is 9.74. The van der Waals surface area contributed by atoms with Crippen molar-refractivity contribution in [1.82, 2.24) is 14.8 Å². The minimum atomic E-state index is -0.533. The third-order valence-electron chi connectivity index (χ3n) is 5.44. The Labute approximate surface area is 155 Å². The number of likely N-dealkylation sites (tertiary alicyclic amines) is 2. The van der Waals surface area contributed by atoms with Crippen LogP contribution in [0.1, 0.15) is 35.3 Å². The summed E-state index contributed by atoms with van der Waals surface area (Å²) in [5.74, 6) is -0.352. The first kappa shape index (κ1) is 17.1. The van der Waals surface area contributed by atoms with Crippen molar-refractivity contribution in [3.05, 3.63) is 52.2 Å². The van der Waals surface area contributed by atoms with Crippen LogP contribution >= 0.6 is 11.3 Å². The molecule has 2 amide bonds. The third kappa shape index (κ3) is 3.00. The molecule has 2 saturated heterocycles. The second kappa shape index (κ2) is 6.79. The van der Waals surface area contributed by atoms with Gasteiger partial charge < -0.3 is 9.80 Å². The smallest absolute Gasteiger partial charge is 0.273 e. The van der Waals surface area contributed by atoms with E-state index in [1.54, 1.807) is 38.9 Å². The Hall–Kier alpha value is -2.28. The van der Waals surface area contributed by atoms with Gasteiger partial charge in [-0.15, -0.1) is 11.3 Å². The highest BCUT2D eigenvalue weighted by atomic mass is 32.1. The largest absolute Gasteiger partial charge is 0.338 e. The molecular formula is C19H20FN3O2S. The molecule has 0 unspecified atom stereocenters. The standard InChI is InChI=1S/C19H20FN3O2S/c20-15-5-2-1-4-14(15)10-22-8-3-6-19(18(22)25)7-9-23(12-19)17(24)16-11-26-13-21-16/h1-2,4-5,11,13H,3,6-10,12H2/t19-/m1/s1. The molecule has 0 aliphatic carbocycles. The predicted molar refractivity (Wildman–Crippen MR) is 96.1 cm³/mol. The highest BCUT2D eigenvalue weighted by Crippen LogP contribution is 2.41. The lowest BCUT2D eigenvalue weighted by Gasteiger charge is -2.39. The maximum atomic E-state index is 14.0. The maximum Gasteiger partial charge on any atom is 0.273 e. The molecule has 2 aliphatic rings. The number of piperidine rings is 1. The summed E-state index contributed by atoms with van der Waals surface area (Å²) in [6.45, 7) is 1.91. The van der Waals surface area contributed by atoms with Crippen LogP contribution in [0.15, 0.2) is 35.2 Å². The van der Waals surface area contributed by atoms with Gasteiger partial charge >= 0.3 is 0 Å². The number of amides is 2. The molecular weight excluding hydrogens is 353 g/mol. The predicted octanol–water partition coefficient (Wildman–Crippen LogP) is 2.94. The minimum Gasteiger partial charge on any atom is -0.338 e. The van der Waals surface area contributed by atoms with E-state index in [4.69, 9.17) is 0 Å². The molecule has 3 heterocycles. The van der Waals surface area contributed by atoms with Gasteiger partial charge in [-0.25, -0.2) is 9.37 Å². The number of thiazole rings is 1. The molecule has 2 aromatic rings. The zero-order chi connectivity index (χ0) is 18.1. The van der Waals surface area contributed by atoms with E-state index >= 15 is 0 Å². The van der Waals surface area contributed by atoms with Gasteiger partial charge in [0.1, 0.15) is 11.5 Å². The molecule has 0 N–H and O–H groups in total. The lowest BCUT2D eigenvalue weighted by atomic mass is 9.78. The summed E-state index contributed by atoms with van der Waals surface area (Å²) >= 11 is 1.39. The molecule has 2 fully saturated rings. The van der Waals surface area contributed by atoms with Crippen LogP contribution in [0.3, 0.4) is 0 Å². The molecule has 1 aromatic carbocycles. The molecule has 1 aromatic heterocycles. The molecule has 4 rings (SSSR count).